The molecule has 0 unspecified atom stereocenters. The molecule has 0 aliphatic rings. The topological polar surface area (TPSA) is 3.24 Å². The summed E-state index contributed by atoms with van der Waals surface area (Å²) in [6.45, 7) is 0. The van der Waals surface area contributed by atoms with Crippen LogP contribution in [0.4, 0.5) is 17.1 Å². The average molecular weight is 396 g/mol. The van der Waals surface area contributed by atoms with Crippen LogP contribution in [0.15, 0.2) is 127 Å². The summed E-state index contributed by atoms with van der Waals surface area (Å²) in [6, 6.07) is 45.5. The third kappa shape index (κ3) is 2.94. The lowest BCUT2D eigenvalue weighted by Gasteiger charge is -2.27. The zero-order valence-electron chi connectivity index (χ0n) is 17.1. The van der Waals surface area contributed by atoms with E-state index < -0.39 is 0 Å². The highest BCUT2D eigenvalue weighted by molar-refractivity contribution is 6.19. The molecule has 0 saturated heterocycles. The van der Waals surface area contributed by atoms with Crippen molar-refractivity contribution in [1.82, 2.24) is 0 Å². The molecule has 6 aromatic carbocycles. The number of nitrogens with zero attached hydrogens (tertiary/aromatic N) is 1. The van der Waals surface area contributed by atoms with E-state index in [0.29, 0.717) is 0 Å². The van der Waals surface area contributed by atoms with E-state index in [0.717, 1.165) is 11.4 Å². The molecular weight excluding hydrogens is 374 g/mol. The molecule has 31 heavy (non-hydrogen) atoms. The highest BCUT2D eigenvalue weighted by Crippen LogP contribution is 2.41. The Morgan fingerprint density at radius 2 is 0.839 bits per heavy atom. The van der Waals surface area contributed by atoms with Crippen LogP contribution < -0.4 is 4.90 Å². The van der Waals surface area contributed by atoms with Gasteiger partial charge >= 0.3 is 0 Å². The van der Waals surface area contributed by atoms with Crippen LogP contribution in [0.25, 0.3) is 32.3 Å². The molecule has 0 bridgehead atoms. The normalized spacial score (nSPS) is 11.2. The van der Waals surface area contributed by atoms with E-state index >= 15 is 0 Å². The molecule has 0 aliphatic heterocycles. The Kier molecular flexibility index (Phi) is 4.18. The first kappa shape index (κ1) is 17.7. The maximum absolute atomic E-state index is 2.34. The lowest BCUT2D eigenvalue weighted by Crippen LogP contribution is -2.10. The monoisotopic (exact) mass is 395 g/mol. The molecule has 0 aromatic heterocycles. The lowest BCUT2D eigenvalue weighted by molar-refractivity contribution is 1.30. The van der Waals surface area contributed by atoms with Crippen LogP contribution >= 0.6 is 0 Å². The van der Waals surface area contributed by atoms with Crippen molar-refractivity contribution in [2.45, 2.75) is 0 Å². The Bertz CT molecular complexity index is 1480. The zero-order chi connectivity index (χ0) is 20.6. The SMILES string of the molecule is c1ccc(N(c2ccccc2)c2cccc3c2ccc2c4ccccc4ccc32)cc1. The highest BCUT2D eigenvalue weighted by atomic mass is 15.1. The standard InChI is InChI=1S/C30H21N/c1-3-11-23(12-4-1)31(24-13-5-2-6-14-24)30-17-9-16-26-28-19-18-22-10-7-8-15-25(22)27(28)20-21-29(26)30/h1-21H. The van der Waals surface area contributed by atoms with Crippen LogP contribution in [0.2, 0.25) is 0 Å². The first-order valence-corrected chi connectivity index (χ1v) is 10.6. The molecule has 0 heterocycles. The fraction of sp³-hybridized carbons (Fsp3) is 0. The maximum Gasteiger partial charge on any atom is 0.0540 e. The molecule has 0 aliphatic carbocycles. The third-order valence-electron chi connectivity index (χ3n) is 6.03. The molecule has 6 aromatic rings. The van der Waals surface area contributed by atoms with Crippen LogP contribution in [0.3, 0.4) is 0 Å². The number of benzene rings is 6. The summed E-state index contributed by atoms with van der Waals surface area (Å²) >= 11 is 0. The van der Waals surface area contributed by atoms with Gasteiger partial charge in [-0.3, -0.25) is 0 Å². The van der Waals surface area contributed by atoms with Crippen molar-refractivity contribution < 1.29 is 0 Å². The Morgan fingerprint density at radius 3 is 1.58 bits per heavy atom. The second-order valence-corrected chi connectivity index (χ2v) is 7.83. The van der Waals surface area contributed by atoms with Gasteiger partial charge in [0.15, 0.2) is 0 Å². The Balaban J connectivity index is 1.66. The summed E-state index contributed by atoms with van der Waals surface area (Å²) in [5, 5.41) is 7.69. The van der Waals surface area contributed by atoms with Gasteiger partial charge in [-0.25, -0.2) is 0 Å². The molecule has 0 N–H and O–H groups in total. The van der Waals surface area contributed by atoms with Crippen molar-refractivity contribution in [2.24, 2.45) is 0 Å². The number of fused-ring (bicyclic) bond motifs is 5. The smallest absolute Gasteiger partial charge is 0.0540 e. The predicted octanol–water partition coefficient (Wildman–Crippen LogP) is 8.62. The third-order valence-corrected chi connectivity index (χ3v) is 6.03. The number of hydrogen-bond donors (Lipinski definition) is 0. The fourth-order valence-corrected chi connectivity index (χ4v) is 4.62. The molecule has 0 amide bonds. The van der Waals surface area contributed by atoms with Crippen LogP contribution in [-0.4, -0.2) is 0 Å². The van der Waals surface area contributed by atoms with Crippen molar-refractivity contribution in [2.75, 3.05) is 4.90 Å². The van der Waals surface area contributed by atoms with Gasteiger partial charge in [0.2, 0.25) is 0 Å². The minimum atomic E-state index is 1.15. The van der Waals surface area contributed by atoms with Crippen molar-refractivity contribution >= 4 is 49.4 Å². The van der Waals surface area contributed by atoms with E-state index in [1.165, 1.54) is 38.0 Å². The van der Waals surface area contributed by atoms with Crippen molar-refractivity contribution in [1.29, 1.82) is 0 Å². The largest absolute Gasteiger partial charge is 0.310 e. The maximum atomic E-state index is 2.34. The zero-order valence-corrected chi connectivity index (χ0v) is 17.1. The van der Waals surface area contributed by atoms with Gasteiger partial charge in [0.25, 0.3) is 0 Å². The van der Waals surface area contributed by atoms with Gasteiger partial charge in [0.1, 0.15) is 0 Å². The number of para-hydroxylation sites is 2. The van der Waals surface area contributed by atoms with Crippen LogP contribution in [0.5, 0.6) is 0 Å². The molecule has 0 spiro atoms. The van der Waals surface area contributed by atoms with Crippen molar-refractivity contribution in [3.8, 4) is 0 Å². The quantitative estimate of drug-likeness (QED) is 0.271. The summed E-state index contributed by atoms with van der Waals surface area (Å²) in [5.74, 6) is 0. The molecule has 6 rings (SSSR count). The Labute approximate surface area is 181 Å². The van der Waals surface area contributed by atoms with Gasteiger partial charge in [-0.2, -0.15) is 0 Å². The number of rotatable bonds is 3. The number of anilines is 3. The van der Waals surface area contributed by atoms with Gasteiger partial charge in [-0.1, -0.05) is 97.1 Å². The minimum Gasteiger partial charge on any atom is -0.310 e. The highest BCUT2D eigenvalue weighted by Gasteiger charge is 2.15. The molecule has 0 atom stereocenters. The van der Waals surface area contributed by atoms with E-state index in [9.17, 15) is 0 Å². The molecular formula is C30H21N. The van der Waals surface area contributed by atoms with E-state index in [1.807, 2.05) is 0 Å². The van der Waals surface area contributed by atoms with Gasteiger partial charge < -0.3 is 4.90 Å². The van der Waals surface area contributed by atoms with E-state index in [4.69, 9.17) is 0 Å². The molecule has 146 valence electrons. The van der Waals surface area contributed by atoms with Gasteiger partial charge in [0, 0.05) is 16.8 Å². The van der Waals surface area contributed by atoms with Crippen LogP contribution in [0.1, 0.15) is 0 Å². The summed E-state index contributed by atoms with van der Waals surface area (Å²) in [6.07, 6.45) is 0. The first-order valence-electron chi connectivity index (χ1n) is 10.6. The van der Waals surface area contributed by atoms with Crippen molar-refractivity contribution in [3.63, 3.8) is 0 Å². The summed E-state index contributed by atoms with van der Waals surface area (Å²) in [7, 11) is 0. The molecule has 0 fully saturated rings. The predicted molar refractivity (Wildman–Crippen MR) is 134 cm³/mol. The molecule has 0 radical (unpaired) electrons. The van der Waals surface area contributed by atoms with Gasteiger partial charge in [0.05, 0.1) is 5.69 Å². The molecule has 1 nitrogen and oxygen atoms in total. The van der Waals surface area contributed by atoms with Crippen molar-refractivity contribution in [3.05, 3.63) is 127 Å². The molecule has 1 heteroatoms. The van der Waals surface area contributed by atoms with E-state index in [-0.39, 0.29) is 0 Å². The summed E-state index contributed by atoms with van der Waals surface area (Å²) < 4.78 is 0. The van der Waals surface area contributed by atoms with E-state index in [2.05, 4.69) is 132 Å². The van der Waals surface area contributed by atoms with Crippen LogP contribution in [0, 0.1) is 0 Å². The molecule has 0 saturated carbocycles. The van der Waals surface area contributed by atoms with E-state index in [1.54, 1.807) is 0 Å². The average Bonchev–Trinajstić information content (AvgIpc) is 2.85. The number of hydrogen-bond acceptors (Lipinski definition) is 1. The van der Waals surface area contributed by atoms with Crippen LogP contribution in [-0.2, 0) is 0 Å². The minimum absolute atomic E-state index is 1.15. The first-order chi connectivity index (χ1) is 15.4. The second-order valence-electron chi connectivity index (χ2n) is 7.83. The Morgan fingerprint density at radius 1 is 0.323 bits per heavy atom. The second kappa shape index (κ2) is 7.30. The summed E-state index contributed by atoms with van der Waals surface area (Å²) in [5.41, 5.74) is 3.49. The fourth-order valence-electron chi connectivity index (χ4n) is 4.62. The summed E-state index contributed by atoms with van der Waals surface area (Å²) in [4.78, 5) is 2.34. The van der Waals surface area contributed by atoms with Gasteiger partial charge in [-0.15, -0.1) is 0 Å². The lowest BCUT2D eigenvalue weighted by atomic mass is 9.96. The Hall–Kier alpha value is -4.10. The van der Waals surface area contributed by atoms with Gasteiger partial charge in [-0.05, 0) is 57.3 Å².